The summed E-state index contributed by atoms with van der Waals surface area (Å²) in [6.45, 7) is 21.6. The van der Waals surface area contributed by atoms with Gasteiger partial charge in [-0.3, -0.25) is 9.88 Å². The minimum atomic E-state index is -0.0604. The van der Waals surface area contributed by atoms with Crippen molar-refractivity contribution in [2.24, 2.45) is 0 Å². The predicted octanol–water partition coefficient (Wildman–Crippen LogP) is 8.81. The Morgan fingerprint density at radius 3 is 1.84 bits per heavy atom. The number of aromatic nitrogens is 1. The first kappa shape index (κ1) is 29.5. The number of hydrogen-bond donors (Lipinski definition) is 0. The summed E-state index contributed by atoms with van der Waals surface area (Å²) in [6.07, 6.45) is 2.04. The topological polar surface area (TPSA) is 16.1 Å². The van der Waals surface area contributed by atoms with Gasteiger partial charge >= 0.3 is 0 Å². The Hall–Kier alpha value is -2.45. The molecule has 32 heavy (non-hydrogen) atoms. The number of benzene rings is 2. The van der Waals surface area contributed by atoms with Gasteiger partial charge in [0.25, 0.3) is 0 Å². The largest absolute Gasteiger partial charge is 0.293 e. The van der Waals surface area contributed by atoms with Crippen molar-refractivity contribution < 1.29 is 0 Å². The normalized spacial score (nSPS) is 10.1. The maximum atomic E-state index is 4.58. The molecule has 1 aromatic heterocycles. The molecule has 2 nitrogen and oxygen atoms in total. The van der Waals surface area contributed by atoms with E-state index in [1.165, 1.54) is 27.8 Å². The van der Waals surface area contributed by atoms with Crippen LogP contribution in [0, 0.1) is 13.8 Å². The molecule has 0 saturated heterocycles. The van der Waals surface area contributed by atoms with Crippen LogP contribution in [0.3, 0.4) is 0 Å². The van der Waals surface area contributed by atoms with Crippen LogP contribution in [0.25, 0.3) is 11.1 Å². The SMILES string of the molecule is CC.CC.CC.Cc1cc(-c2ccccc2C)c(CN(C)C(C)(C)c2ccccc2)cn1. The van der Waals surface area contributed by atoms with Crippen molar-refractivity contribution in [2.45, 2.75) is 81.3 Å². The molecule has 1 heterocycles. The number of pyridine rings is 1. The van der Waals surface area contributed by atoms with E-state index in [9.17, 15) is 0 Å². The number of rotatable bonds is 5. The van der Waals surface area contributed by atoms with Gasteiger partial charge in [0.15, 0.2) is 0 Å². The van der Waals surface area contributed by atoms with Crippen LogP contribution in [0.15, 0.2) is 66.9 Å². The molecule has 3 aromatic rings. The Bertz CT molecular complexity index is 882. The second-order valence-electron chi connectivity index (χ2n) is 7.58. The molecule has 0 radical (unpaired) electrons. The van der Waals surface area contributed by atoms with Crippen LogP contribution in [-0.2, 0) is 12.1 Å². The van der Waals surface area contributed by atoms with Gasteiger partial charge in [-0.25, -0.2) is 0 Å². The Balaban J connectivity index is 0.00000148. The highest BCUT2D eigenvalue weighted by Crippen LogP contribution is 2.32. The third kappa shape index (κ3) is 7.91. The highest BCUT2D eigenvalue weighted by molar-refractivity contribution is 5.70. The standard InChI is InChI=1S/C24H28N2.3C2H6/c1-18-11-9-10-14-22(18)23-15-19(2)25-16-20(23)17-26(5)24(3,4)21-12-7-6-8-13-21;3*1-2/h6-16H,17H2,1-5H3;3*1-2H3. The monoisotopic (exact) mass is 434 g/mol. The summed E-state index contributed by atoms with van der Waals surface area (Å²) in [5.41, 5.74) is 7.44. The molecule has 0 fully saturated rings. The van der Waals surface area contributed by atoms with Gasteiger partial charge in [0.05, 0.1) is 0 Å². The van der Waals surface area contributed by atoms with E-state index in [0.29, 0.717) is 0 Å². The minimum absolute atomic E-state index is 0.0604. The summed E-state index contributed by atoms with van der Waals surface area (Å²) in [5.74, 6) is 0. The van der Waals surface area contributed by atoms with Crippen LogP contribution in [0.5, 0.6) is 0 Å². The Kier molecular flexibility index (Phi) is 14.2. The van der Waals surface area contributed by atoms with E-state index in [0.717, 1.165) is 12.2 Å². The number of aryl methyl sites for hydroxylation is 2. The van der Waals surface area contributed by atoms with Crippen LogP contribution in [-0.4, -0.2) is 16.9 Å². The van der Waals surface area contributed by atoms with E-state index < -0.39 is 0 Å². The van der Waals surface area contributed by atoms with Gasteiger partial charge in [0, 0.05) is 24.0 Å². The van der Waals surface area contributed by atoms with Gasteiger partial charge in [-0.2, -0.15) is 0 Å². The van der Waals surface area contributed by atoms with Crippen molar-refractivity contribution in [3.8, 4) is 11.1 Å². The van der Waals surface area contributed by atoms with E-state index in [-0.39, 0.29) is 5.54 Å². The summed E-state index contributed by atoms with van der Waals surface area (Å²) in [5, 5.41) is 0. The lowest BCUT2D eigenvalue weighted by Crippen LogP contribution is -2.38. The molecule has 2 heteroatoms. The maximum absolute atomic E-state index is 4.58. The minimum Gasteiger partial charge on any atom is -0.293 e. The zero-order valence-electron chi connectivity index (χ0n) is 22.5. The highest BCUT2D eigenvalue weighted by Gasteiger charge is 2.26. The molecule has 0 amide bonds. The molecule has 0 spiro atoms. The van der Waals surface area contributed by atoms with Crippen LogP contribution in [0.2, 0.25) is 0 Å². The molecule has 0 bridgehead atoms. The molecule has 0 aliphatic heterocycles. The summed E-state index contributed by atoms with van der Waals surface area (Å²) in [6, 6.07) is 21.5. The fourth-order valence-corrected chi connectivity index (χ4v) is 3.36. The molecule has 0 atom stereocenters. The van der Waals surface area contributed by atoms with Gasteiger partial charge < -0.3 is 0 Å². The molecular formula is C30H46N2. The molecule has 3 rings (SSSR count). The van der Waals surface area contributed by atoms with E-state index in [1.54, 1.807) is 0 Å². The first-order valence-electron chi connectivity index (χ1n) is 12.2. The van der Waals surface area contributed by atoms with Crippen molar-refractivity contribution in [1.82, 2.24) is 9.88 Å². The molecule has 0 N–H and O–H groups in total. The van der Waals surface area contributed by atoms with Crippen molar-refractivity contribution in [2.75, 3.05) is 7.05 Å². The second-order valence-corrected chi connectivity index (χ2v) is 7.58. The Labute approximate surface area is 198 Å². The van der Waals surface area contributed by atoms with Crippen LogP contribution >= 0.6 is 0 Å². The fourth-order valence-electron chi connectivity index (χ4n) is 3.36. The van der Waals surface area contributed by atoms with Gasteiger partial charge in [-0.1, -0.05) is 96.1 Å². The predicted molar refractivity (Wildman–Crippen MR) is 144 cm³/mol. The lowest BCUT2D eigenvalue weighted by molar-refractivity contribution is 0.148. The smallest absolute Gasteiger partial charge is 0.0404 e. The highest BCUT2D eigenvalue weighted by atomic mass is 15.2. The van der Waals surface area contributed by atoms with Gasteiger partial charge in [0.2, 0.25) is 0 Å². The van der Waals surface area contributed by atoms with Crippen molar-refractivity contribution in [3.63, 3.8) is 0 Å². The second kappa shape index (κ2) is 15.4. The van der Waals surface area contributed by atoms with Crippen LogP contribution in [0.4, 0.5) is 0 Å². The first-order valence-corrected chi connectivity index (χ1v) is 12.2. The summed E-state index contributed by atoms with van der Waals surface area (Å²) in [4.78, 5) is 6.98. The number of nitrogens with zero attached hydrogens (tertiary/aromatic N) is 2. The quantitative estimate of drug-likeness (QED) is 0.399. The average Bonchev–Trinajstić information content (AvgIpc) is 2.85. The Morgan fingerprint density at radius 2 is 1.28 bits per heavy atom. The van der Waals surface area contributed by atoms with Crippen LogP contribution < -0.4 is 0 Å². The van der Waals surface area contributed by atoms with Crippen LogP contribution in [0.1, 0.15) is 77.8 Å². The zero-order valence-corrected chi connectivity index (χ0v) is 22.5. The lowest BCUT2D eigenvalue weighted by Gasteiger charge is -2.36. The van der Waals surface area contributed by atoms with Crippen molar-refractivity contribution >= 4 is 0 Å². The van der Waals surface area contributed by atoms with Gasteiger partial charge in [0.1, 0.15) is 0 Å². The van der Waals surface area contributed by atoms with Gasteiger partial charge in [-0.05, 0) is 68.6 Å². The Morgan fingerprint density at radius 1 is 0.750 bits per heavy atom. The summed E-state index contributed by atoms with van der Waals surface area (Å²) >= 11 is 0. The average molecular weight is 435 g/mol. The third-order valence-electron chi connectivity index (χ3n) is 5.40. The molecule has 176 valence electrons. The molecule has 0 aliphatic rings. The molecule has 0 saturated carbocycles. The molecule has 0 unspecified atom stereocenters. The summed E-state index contributed by atoms with van der Waals surface area (Å²) < 4.78 is 0. The third-order valence-corrected chi connectivity index (χ3v) is 5.40. The lowest BCUT2D eigenvalue weighted by atomic mass is 9.91. The summed E-state index contributed by atoms with van der Waals surface area (Å²) in [7, 11) is 2.19. The molecule has 0 aliphatic carbocycles. The van der Waals surface area contributed by atoms with E-state index >= 15 is 0 Å². The van der Waals surface area contributed by atoms with Gasteiger partial charge in [-0.15, -0.1) is 0 Å². The number of hydrogen-bond acceptors (Lipinski definition) is 2. The zero-order chi connectivity index (χ0) is 24.7. The van der Waals surface area contributed by atoms with E-state index in [4.69, 9.17) is 0 Å². The molecular weight excluding hydrogens is 388 g/mol. The van der Waals surface area contributed by atoms with E-state index in [1.807, 2.05) is 47.7 Å². The first-order chi connectivity index (χ1) is 15.4. The van der Waals surface area contributed by atoms with Crippen molar-refractivity contribution in [3.05, 3.63) is 89.2 Å². The van der Waals surface area contributed by atoms with Crippen molar-refractivity contribution in [1.29, 1.82) is 0 Å². The fraction of sp³-hybridized carbons (Fsp3) is 0.433. The maximum Gasteiger partial charge on any atom is 0.0404 e. The van der Waals surface area contributed by atoms with E-state index in [2.05, 4.69) is 105 Å². The molecule has 2 aromatic carbocycles.